The average molecular weight is 420 g/mol. The van der Waals surface area contributed by atoms with Crippen LogP contribution in [-0.4, -0.2) is 38.3 Å². The summed E-state index contributed by atoms with van der Waals surface area (Å²) in [5, 5.41) is 21.7. The van der Waals surface area contributed by atoms with Crippen molar-refractivity contribution in [3.05, 3.63) is 75.6 Å². The molecule has 0 bridgehead atoms. The first kappa shape index (κ1) is 20.2. The van der Waals surface area contributed by atoms with Crippen molar-refractivity contribution in [3.63, 3.8) is 0 Å². The molecule has 0 unspecified atom stereocenters. The van der Waals surface area contributed by atoms with E-state index in [1.807, 2.05) is 24.3 Å². The van der Waals surface area contributed by atoms with Gasteiger partial charge in [-0.25, -0.2) is 4.68 Å². The summed E-state index contributed by atoms with van der Waals surface area (Å²) in [6.07, 6.45) is 1.45. The molecule has 10 nitrogen and oxygen atoms in total. The van der Waals surface area contributed by atoms with Gasteiger partial charge in [-0.15, -0.1) is 5.10 Å². The Bertz CT molecular complexity index is 1150. The summed E-state index contributed by atoms with van der Waals surface area (Å²) >= 11 is 0. The van der Waals surface area contributed by atoms with Gasteiger partial charge < -0.3 is 10.2 Å². The molecule has 2 heterocycles. The molecule has 2 aromatic carbocycles. The van der Waals surface area contributed by atoms with Crippen LogP contribution in [0.2, 0.25) is 0 Å². The highest BCUT2D eigenvalue weighted by atomic mass is 16.6. The van der Waals surface area contributed by atoms with Crippen molar-refractivity contribution >= 4 is 23.2 Å². The summed E-state index contributed by atoms with van der Waals surface area (Å²) in [6, 6.07) is 13.4. The van der Waals surface area contributed by atoms with E-state index in [0.717, 1.165) is 24.2 Å². The molecule has 158 valence electrons. The first-order chi connectivity index (χ1) is 14.9. The zero-order chi connectivity index (χ0) is 22.0. The molecule has 10 heteroatoms. The number of anilines is 1. The number of hydrogen-bond donors (Lipinski definition) is 1. The number of nitro benzene ring substituents is 1. The third-order valence-electron chi connectivity index (χ3n) is 5.17. The number of aromatic nitrogens is 3. The Kier molecular flexibility index (Phi) is 5.44. The van der Waals surface area contributed by atoms with Crippen LogP contribution < -0.4 is 10.2 Å². The molecule has 0 atom stereocenters. The topological polar surface area (TPSA) is 123 Å². The molecule has 1 aliphatic heterocycles. The Balaban J connectivity index is 1.43. The summed E-state index contributed by atoms with van der Waals surface area (Å²) in [7, 11) is 0. The van der Waals surface area contributed by atoms with Crippen molar-refractivity contribution in [2.75, 3.05) is 11.4 Å². The lowest BCUT2D eigenvalue weighted by Gasteiger charge is -2.16. The Hall–Kier alpha value is -4.08. The number of hydrogen-bond acceptors (Lipinski definition) is 6. The van der Waals surface area contributed by atoms with Gasteiger partial charge in [-0.05, 0) is 37.1 Å². The normalized spacial score (nSPS) is 13.5. The summed E-state index contributed by atoms with van der Waals surface area (Å²) in [5.74, 6) is -0.267. The molecule has 0 radical (unpaired) electrons. The minimum absolute atomic E-state index is 0.0718. The number of carbonyl (C=O) groups excluding carboxylic acids is 2. The largest absolute Gasteiger partial charge is 0.347 e. The molecule has 1 saturated heterocycles. The number of nitrogens with one attached hydrogen (secondary N) is 1. The van der Waals surface area contributed by atoms with E-state index in [1.165, 1.54) is 16.8 Å². The smallest absolute Gasteiger partial charge is 0.274 e. The highest BCUT2D eigenvalue weighted by Gasteiger charge is 2.22. The van der Waals surface area contributed by atoms with E-state index in [2.05, 4.69) is 15.6 Å². The van der Waals surface area contributed by atoms with Crippen LogP contribution in [0.5, 0.6) is 0 Å². The van der Waals surface area contributed by atoms with Gasteiger partial charge in [0.1, 0.15) is 0 Å². The van der Waals surface area contributed by atoms with Gasteiger partial charge >= 0.3 is 0 Å². The van der Waals surface area contributed by atoms with Crippen LogP contribution in [0.15, 0.2) is 48.5 Å². The van der Waals surface area contributed by atoms with Crippen LogP contribution in [-0.2, 0) is 11.3 Å². The summed E-state index contributed by atoms with van der Waals surface area (Å²) in [6.45, 7) is 2.69. The first-order valence-corrected chi connectivity index (χ1v) is 9.78. The second-order valence-corrected chi connectivity index (χ2v) is 7.21. The van der Waals surface area contributed by atoms with Crippen molar-refractivity contribution in [1.82, 2.24) is 20.3 Å². The van der Waals surface area contributed by atoms with E-state index in [0.29, 0.717) is 17.8 Å². The highest BCUT2D eigenvalue weighted by Crippen LogP contribution is 2.22. The van der Waals surface area contributed by atoms with E-state index in [9.17, 15) is 19.7 Å². The number of non-ortho nitro benzene ring substituents is 1. The van der Waals surface area contributed by atoms with Crippen molar-refractivity contribution < 1.29 is 14.5 Å². The molecule has 1 N–H and O–H groups in total. The van der Waals surface area contributed by atoms with Gasteiger partial charge in [0.2, 0.25) is 5.91 Å². The minimum atomic E-state index is -0.492. The number of rotatable bonds is 6. The second-order valence-electron chi connectivity index (χ2n) is 7.21. The van der Waals surface area contributed by atoms with Crippen molar-refractivity contribution in [2.45, 2.75) is 26.3 Å². The molecule has 31 heavy (non-hydrogen) atoms. The first-order valence-electron chi connectivity index (χ1n) is 9.78. The van der Waals surface area contributed by atoms with Crippen molar-refractivity contribution in [1.29, 1.82) is 0 Å². The minimum Gasteiger partial charge on any atom is -0.347 e. The molecule has 0 spiro atoms. The third-order valence-corrected chi connectivity index (χ3v) is 5.17. The van der Waals surface area contributed by atoms with Crippen LogP contribution >= 0.6 is 0 Å². The maximum atomic E-state index is 12.6. The van der Waals surface area contributed by atoms with Crippen LogP contribution in [0.3, 0.4) is 0 Å². The van der Waals surface area contributed by atoms with E-state index in [-0.39, 0.29) is 23.8 Å². The van der Waals surface area contributed by atoms with E-state index in [1.54, 1.807) is 24.0 Å². The molecule has 3 aromatic rings. The van der Waals surface area contributed by atoms with E-state index in [4.69, 9.17) is 0 Å². The molecule has 2 amide bonds. The summed E-state index contributed by atoms with van der Waals surface area (Å²) < 4.78 is 1.39. The fourth-order valence-electron chi connectivity index (χ4n) is 3.50. The van der Waals surface area contributed by atoms with Gasteiger partial charge in [0.25, 0.3) is 11.6 Å². The van der Waals surface area contributed by atoms with Crippen LogP contribution in [0.1, 0.15) is 34.6 Å². The van der Waals surface area contributed by atoms with Gasteiger partial charge in [-0.3, -0.25) is 19.7 Å². The van der Waals surface area contributed by atoms with Crippen LogP contribution in [0, 0.1) is 17.0 Å². The zero-order valence-corrected chi connectivity index (χ0v) is 16.8. The lowest BCUT2D eigenvalue weighted by molar-refractivity contribution is -0.384. The van der Waals surface area contributed by atoms with E-state index < -0.39 is 10.8 Å². The van der Waals surface area contributed by atoms with Gasteiger partial charge in [0, 0.05) is 37.3 Å². The molecular formula is C21H20N6O4. The molecule has 0 saturated carbocycles. The Morgan fingerprint density at radius 3 is 2.65 bits per heavy atom. The number of nitrogens with zero attached hydrogens (tertiary/aromatic N) is 5. The monoisotopic (exact) mass is 420 g/mol. The van der Waals surface area contributed by atoms with Crippen molar-refractivity contribution in [2.24, 2.45) is 0 Å². The molecule has 1 aromatic heterocycles. The molecule has 1 fully saturated rings. The fraction of sp³-hybridized carbons (Fsp3) is 0.238. The SMILES string of the molecule is Cc1c(C(=O)NCc2ccc(N3CCCC3=O)cc2)nnn1-c1cccc([N+](=O)[O-])c1. The lowest BCUT2D eigenvalue weighted by Crippen LogP contribution is -2.25. The lowest BCUT2D eigenvalue weighted by atomic mass is 10.2. The second kappa shape index (κ2) is 8.34. The quantitative estimate of drug-likeness (QED) is 0.483. The van der Waals surface area contributed by atoms with Crippen LogP contribution in [0.4, 0.5) is 11.4 Å². The Labute approximate surface area is 177 Å². The van der Waals surface area contributed by atoms with E-state index >= 15 is 0 Å². The van der Waals surface area contributed by atoms with Gasteiger partial charge in [-0.2, -0.15) is 0 Å². The van der Waals surface area contributed by atoms with Gasteiger partial charge in [0.15, 0.2) is 5.69 Å². The van der Waals surface area contributed by atoms with Crippen LogP contribution in [0.25, 0.3) is 5.69 Å². The molecule has 4 rings (SSSR count). The third kappa shape index (κ3) is 4.13. The number of amides is 2. The molecule has 0 aliphatic carbocycles. The highest BCUT2D eigenvalue weighted by molar-refractivity contribution is 5.95. The maximum absolute atomic E-state index is 12.6. The van der Waals surface area contributed by atoms with Gasteiger partial charge in [-0.1, -0.05) is 23.4 Å². The molecule has 1 aliphatic rings. The van der Waals surface area contributed by atoms with Crippen molar-refractivity contribution in [3.8, 4) is 5.69 Å². The Morgan fingerprint density at radius 2 is 1.97 bits per heavy atom. The summed E-state index contributed by atoms with van der Waals surface area (Å²) in [4.78, 5) is 36.7. The fourth-order valence-corrected chi connectivity index (χ4v) is 3.50. The number of carbonyl (C=O) groups is 2. The molecular weight excluding hydrogens is 400 g/mol. The maximum Gasteiger partial charge on any atom is 0.274 e. The number of nitro groups is 1. The number of benzene rings is 2. The Morgan fingerprint density at radius 1 is 1.19 bits per heavy atom. The predicted molar refractivity (Wildman–Crippen MR) is 112 cm³/mol. The summed E-state index contributed by atoms with van der Waals surface area (Å²) in [5.41, 5.74) is 2.73. The predicted octanol–water partition coefficient (Wildman–Crippen LogP) is 2.54. The standard InChI is InChI=1S/C21H20N6O4/c1-14-20(23-24-26(14)17-4-2-5-18(12-17)27(30)31)21(29)22-13-15-7-9-16(10-8-15)25-11-3-6-19(25)28/h2,4-5,7-10,12H,3,6,11,13H2,1H3,(H,22,29). The zero-order valence-electron chi connectivity index (χ0n) is 16.8. The average Bonchev–Trinajstić information content (AvgIpc) is 3.38. The van der Waals surface area contributed by atoms with Gasteiger partial charge in [0.05, 0.1) is 16.3 Å².